The first kappa shape index (κ1) is 27.0. The molecule has 14 heteroatoms. The standard InChI is InChI=1S/C24H21F5N4O5/c1-11-17(14-3-4-15(25)18(26)19(14)36-9-13-8-31-10-37-13)20(38-23(11,2)24(27,28)29)22(35)33-12-5-6-32-16(7-12)21(30)34/h3-8,10-11,17,20H,9H2,1-2H3,(H2,30,34)(H,32,33,35)/t11-,17-,20+,23+/m0/s1. The zero-order valence-electron chi connectivity index (χ0n) is 19.9. The Labute approximate surface area is 212 Å². The Morgan fingerprint density at radius 3 is 2.61 bits per heavy atom. The largest absolute Gasteiger partial charge is 0.482 e. The molecule has 202 valence electrons. The van der Waals surface area contributed by atoms with Crippen LogP contribution in [0.15, 0.2) is 47.5 Å². The number of carbonyl (C=O) groups is 2. The molecule has 0 saturated carbocycles. The summed E-state index contributed by atoms with van der Waals surface area (Å²) in [6.07, 6.45) is -3.28. The van der Waals surface area contributed by atoms with Crippen molar-refractivity contribution >= 4 is 17.5 Å². The van der Waals surface area contributed by atoms with Crippen molar-refractivity contribution in [3.8, 4) is 5.75 Å². The molecule has 1 fully saturated rings. The molecule has 3 N–H and O–H groups in total. The number of primary amides is 1. The van der Waals surface area contributed by atoms with Crippen LogP contribution in [0.4, 0.5) is 27.6 Å². The van der Waals surface area contributed by atoms with E-state index in [1.807, 2.05) is 0 Å². The number of hydrogen-bond acceptors (Lipinski definition) is 7. The number of amides is 2. The SMILES string of the molecule is C[C@H]1[C@@H](c2ccc(F)c(F)c2OCc2cnco2)[C@H](C(=O)Nc2ccnc(C(N)=O)c2)O[C@@]1(C)C(F)(F)F. The fourth-order valence-electron chi connectivity index (χ4n) is 4.29. The average Bonchev–Trinajstić information content (AvgIpc) is 3.47. The van der Waals surface area contributed by atoms with Crippen molar-refractivity contribution < 1.29 is 45.4 Å². The van der Waals surface area contributed by atoms with E-state index < -0.39 is 65.5 Å². The zero-order valence-corrected chi connectivity index (χ0v) is 19.9. The highest BCUT2D eigenvalue weighted by atomic mass is 19.4. The minimum atomic E-state index is -4.94. The van der Waals surface area contributed by atoms with Gasteiger partial charge in [0.25, 0.3) is 11.8 Å². The predicted octanol–water partition coefficient (Wildman–Crippen LogP) is 4.10. The number of nitrogens with one attached hydrogen (secondary N) is 1. The Morgan fingerprint density at radius 1 is 1.24 bits per heavy atom. The minimum absolute atomic E-state index is 0.00138. The molecular formula is C24H21F5N4O5. The van der Waals surface area contributed by atoms with Gasteiger partial charge in [0, 0.05) is 29.3 Å². The summed E-state index contributed by atoms with van der Waals surface area (Å²) in [5, 5.41) is 2.38. The Bertz CT molecular complexity index is 1350. The van der Waals surface area contributed by atoms with Gasteiger partial charge < -0.3 is 24.9 Å². The quantitative estimate of drug-likeness (QED) is 0.432. The van der Waals surface area contributed by atoms with Gasteiger partial charge in [-0.25, -0.2) is 9.37 Å². The normalized spacial score (nSPS) is 23.3. The van der Waals surface area contributed by atoms with Crippen molar-refractivity contribution in [3.63, 3.8) is 0 Å². The van der Waals surface area contributed by atoms with E-state index >= 15 is 0 Å². The molecule has 1 aliphatic heterocycles. The van der Waals surface area contributed by atoms with Crippen LogP contribution >= 0.6 is 0 Å². The van der Waals surface area contributed by atoms with Gasteiger partial charge >= 0.3 is 6.18 Å². The van der Waals surface area contributed by atoms with Gasteiger partial charge in [0.2, 0.25) is 5.82 Å². The molecule has 2 amide bonds. The van der Waals surface area contributed by atoms with E-state index in [-0.39, 0.29) is 22.7 Å². The lowest BCUT2D eigenvalue weighted by atomic mass is 9.77. The second-order valence-corrected chi connectivity index (χ2v) is 8.78. The molecule has 4 atom stereocenters. The summed E-state index contributed by atoms with van der Waals surface area (Å²) < 4.78 is 87.4. The number of rotatable bonds is 7. The lowest BCUT2D eigenvalue weighted by Crippen LogP contribution is -2.47. The van der Waals surface area contributed by atoms with Crippen LogP contribution in [-0.2, 0) is 16.1 Å². The molecule has 38 heavy (non-hydrogen) atoms. The van der Waals surface area contributed by atoms with E-state index in [2.05, 4.69) is 15.3 Å². The van der Waals surface area contributed by atoms with Crippen LogP contribution in [0.2, 0.25) is 0 Å². The number of aromatic nitrogens is 2. The summed E-state index contributed by atoms with van der Waals surface area (Å²) in [5.74, 6) is -8.20. The van der Waals surface area contributed by atoms with Gasteiger partial charge in [0.05, 0.1) is 6.20 Å². The highest BCUT2D eigenvalue weighted by molar-refractivity contribution is 5.97. The first-order valence-electron chi connectivity index (χ1n) is 11.1. The summed E-state index contributed by atoms with van der Waals surface area (Å²) in [7, 11) is 0. The number of benzene rings is 1. The predicted molar refractivity (Wildman–Crippen MR) is 120 cm³/mol. The van der Waals surface area contributed by atoms with Gasteiger partial charge in [-0.15, -0.1) is 0 Å². The highest BCUT2D eigenvalue weighted by Gasteiger charge is 2.66. The molecule has 4 rings (SSSR count). The molecule has 9 nitrogen and oxygen atoms in total. The molecule has 3 heterocycles. The van der Waals surface area contributed by atoms with E-state index in [0.717, 1.165) is 37.7 Å². The fraction of sp³-hybridized carbons (Fsp3) is 0.333. The third kappa shape index (κ3) is 4.90. The second kappa shape index (κ2) is 10.0. The van der Waals surface area contributed by atoms with Crippen LogP contribution in [0.25, 0.3) is 0 Å². The number of oxazole rings is 1. The van der Waals surface area contributed by atoms with E-state index in [4.69, 9.17) is 19.6 Å². The van der Waals surface area contributed by atoms with Gasteiger partial charge in [0.15, 0.2) is 29.3 Å². The van der Waals surface area contributed by atoms with E-state index in [1.165, 1.54) is 19.2 Å². The lowest BCUT2D eigenvalue weighted by molar-refractivity contribution is -0.272. The van der Waals surface area contributed by atoms with Gasteiger partial charge in [-0.3, -0.25) is 14.6 Å². The molecule has 1 aliphatic rings. The van der Waals surface area contributed by atoms with Crippen LogP contribution in [0.3, 0.4) is 0 Å². The maximum Gasteiger partial charge on any atom is 0.417 e. The molecule has 1 aromatic carbocycles. The molecule has 0 radical (unpaired) electrons. The number of hydrogen-bond donors (Lipinski definition) is 2. The van der Waals surface area contributed by atoms with Gasteiger partial charge in [-0.2, -0.15) is 17.6 Å². The number of nitrogens with two attached hydrogens (primary N) is 1. The number of anilines is 1. The Hall–Kier alpha value is -4.07. The van der Waals surface area contributed by atoms with E-state index in [9.17, 15) is 31.5 Å². The summed E-state index contributed by atoms with van der Waals surface area (Å²) in [6, 6.07) is 4.17. The number of nitrogens with zero attached hydrogens (tertiary/aromatic N) is 2. The highest BCUT2D eigenvalue weighted by Crippen LogP contribution is 2.55. The van der Waals surface area contributed by atoms with Gasteiger partial charge in [0.1, 0.15) is 18.4 Å². The molecule has 1 saturated heterocycles. The zero-order chi connectivity index (χ0) is 27.8. The maximum atomic E-state index is 14.9. The van der Waals surface area contributed by atoms with Crippen molar-refractivity contribution in [1.82, 2.24) is 9.97 Å². The smallest absolute Gasteiger partial charge is 0.417 e. The van der Waals surface area contributed by atoms with Crippen molar-refractivity contribution in [2.45, 2.75) is 44.3 Å². The monoisotopic (exact) mass is 540 g/mol. The van der Waals surface area contributed by atoms with Crippen LogP contribution in [0.1, 0.15) is 41.6 Å². The van der Waals surface area contributed by atoms with Crippen LogP contribution < -0.4 is 15.8 Å². The van der Waals surface area contributed by atoms with Crippen LogP contribution in [0, 0.1) is 17.6 Å². The number of ether oxygens (including phenoxy) is 2. The summed E-state index contributed by atoms with van der Waals surface area (Å²) in [6.45, 7) is 1.53. The molecular weight excluding hydrogens is 519 g/mol. The number of pyridine rings is 1. The molecule has 0 spiro atoms. The summed E-state index contributed by atoms with van der Waals surface area (Å²) in [5.41, 5.74) is 1.91. The third-order valence-electron chi connectivity index (χ3n) is 6.49. The molecule has 0 bridgehead atoms. The van der Waals surface area contributed by atoms with Crippen molar-refractivity contribution in [3.05, 3.63) is 71.7 Å². The molecule has 2 aromatic heterocycles. The summed E-state index contributed by atoms with van der Waals surface area (Å²) >= 11 is 0. The Morgan fingerprint density at radius 2 is 1.97 bits per heavy atom. The second-order valence-electron chi connectivity index (χ2n) is 8.78. The topological polar surface area (TPSA) is 130 Å². The van der Waals surface area contributed by atoms with Gasteiger partial charge in [-0.05, 0) is 25.1 Å². The van der Waals surface area contributed by atoms with Crippen molar-refractivity contribution in [2.24, 2.45) is 11.7 Å². The molecule has 3 aromatic rings. The minimum Gasteiger partial charge on any atom is -0.482 e. The van der Waals surface area contributed by atoms with Crippen molar-refractivity contribution in [2.75, 3.05) is 5.32 Å². The Balaban J connectivity index is 1.76. The first-order valence-corrected chi connectivity index (χ1v) is 11.1. The van der Waals surface area contributed by atoms with Gasteiger partial charge in [-0.1, -0.05) is 13.0 Å². The molecule has 0 unspecified atom stereocenters. The Kier molecular flexibility index (Phi) is 7.10. The summed E-state index contributed by atoms with van der Waals surface area (Å²) in [4.78, 5) is 32.1. The molecule has 0 aliphatic carbocycles. The van der Waals surface area contributed by atoms with Crippen LogP contribution in [0.5, 0.6) is 5.75 Å². The average molecular weight is 540 g/mol. The lowest BCUT2D eigenvalue weighted by Gasteiger charge is -2.32. The van der Waals surface area contributed by atoms with Crippen LogP contribution in [-0.4, -0.2) is 39.7 Å². The number of alkyl halides is 3. The van der Waals surface area contributed by atoms with E-state index in [0.29, 0.717) is 0 Å². The number of halogens is 5. The fourth-order valence-corrected chi connectivity index (χ4v) is 4.29. The maximum absolute atomic E-state index is 14.9. The number of carbonyl (C=O) groups excluding carboxylic acids is 2. The third-order valence-corrected chi connectivity index (χ3v) is 6.49. The van der Waals surface area contributed by atoms with Crippen molar-refractivity contribution in [1.29, 1.82) is 0 Å². The first-order chi connectivity index (χ1) is 17.8. The van der Waals surface area contributed by atoms with E-state index in [1.54, 1.807) is 0 Å².